The fourth-order valence-electron chi connectivity index (χ4n) is 3.55. The molecular weight excluding hydrogens is 228 g/mol. The highest BCUT2D eigenvalue weighted by molar-refractivity contribution is 5.87. The number of nitrogens with zero attached hydrogens (tertiary/aromatic N) is 2. The number of carbonyl (C=O) groups is 1. The van der Waals surface area contributed by atoms with Gasteiger partial charge in [0.15, 0.2) is 5.69 Å². The Balaban J connectivity index is 2.10. The number of rotatable bonds is 2. The molecule has 1 N–H and O–H groups in total. The Morgan fingerprint density at radius 3 is 2.67 bits per heavy atom. The van der Waals surface area contributed by atoms with Crippen LogP contribution in [0, 0.1) is 0 Å². The summed E-state index contributed by atoms with van der Waals surface area (Å²) in [5.74, 6) is 0.668. The zero-order chi connectivity index (χ0) is 12.7. The van der Waals surface area contributed by atoms with Crippen LogP contribution in [0.1, 0.15) is 79.4 Å². The van der Waals surface area contributed by atoms with Gasteiger partial charge in [-0.3, -0.25) is 0 Å². The maximum Gasteiger partial charge on any atom is 0.356 e. The normalized spacial score (nSPS) is 24.2. The molecule has 0 spiro atoms. The summed E-state index contributed by atoms with van der Waals surface area (Å²) in [5.41, 5.74) is 1.27. The third-order valence-corrected chi connectivity index (χ3v) is 4.44. The minimum atomic E-state index is -0.864. The van der Waals surface area contributed by atoms with Crippen LogP contribution < -0.4 is 0 Å². The van der Waals surface area contributed by atoms with Gasteiger partial charge < -0.3 is 9.67 Å². The van der Waals surface area contributed by atoms with Crippen LogP contribution in [-0.2, 0) is 6.42 Å². The van der Waals surface area contributed by atoms with Crippen molar-refractivity contribution in [3.05, 3.63) is 17.2 Å². The van der Waals surface area contributed by atoms with Crippen LogP contribution in [0.25, 0.3) is 0 Å². The number of hydrogen-bond donors (Lipinski definition) is 1. The van der Waals surface area contributed by atoms with Crippen molar-refractivity contribution in [3.63, 3.8) is 0 Å². The Morgan fingerprint density at radius 1 is 1.28 bits per heavy atom. The Hall–Kier alpha value is -1.32. The summed E-state index contributed by atoms with van der Waals surface area (Å²) in [4.78, 5) is 15.8. The van der Waals surface area contributed by atoms with Gasteiger partial charge in [-0.15, -0.1) is 0 Å². The Labute approximate surface area is 107 Å². The Bertz CT molecular complexity index is 472. The highest BCUT2D eigenvalue weighted by Gasteiger charge is 2.31. The molecule has 3 rings (SSSR count). The van der Waals surface area contributed by atoms with E-state index in [1.807, 2.05) is 0 Å². The van der Waals surface area contributed by atoms with Crippen molar-refractivity contribution < 1.29 is 9.90 Å². The minimum absolute atomic E-state index is 0.309. The first-order chi connectivity index (χ1) is 8.68. The molecule has 1 aromatic heterocycles. The number of aromatic nitrogens is 2. The van der Waals surface area contributed by atoms with Gasteiger partial charge in [0.1, 0.15) is 5.82 Å². The average molecular weight is 248 g/mol. The molecule has 98 valence electrons. The summed E-state index contributed by atoms with van der Waals surface area (Å²) in [5, 5.41) is 9.31. The summed E-state index contributed by atoms with van der Waals surface area (Å²) in [6, 6.07) is 0.407. The van der Waals surface area contributed by atoms with Crippen molar-refractivity contribution in [1.82, 2.24) is 9.55 Å². The third-order valence-electron chi connectivity index (χ3n) is 4.44. The lowest BCUT2D eigenvalue weighted by molar-refractivity contribution is 0.0689. The second kappa shape index (κ2) is 4.41. The summed E-state index contributed by atoms with van der Waals surface area (Å²) < 4.78 is 2.24. The van der Waals surface area contributed by atoms with Crippen molar-refractivity contribution in [2.45, 2.75) is 63.8 Å². The molecule has 1 unspecified atom stereocenters. The molecule has 0 saturated heterocycles. The molecule has 4 heteroatoms. The number of imidazole rings is 1. The molecule has 0 aromatic carbocycles. The lowest BCUT2D eigenvalue weighted by Gasteiger charge is -2.26. The highest BCUT2D eigenvalue weighted by Crippen LogP contribution is 2.38. The van der Waals surface area contributed by atoms with E-state index in [4.69, 9.17) is 0 Å². The van der Waals surface area contributed by atoms with Crippen LogP contribution in [0.2, 0.25) is 0 Å². The van der Waals surface area contributed by atoms with Crippen LogP contribution in [0.5, 0.6) is 0 Å². The van der Waals surface area contributed by atoms with Crippen LogP contribution in [0.3, 0.4) is 0 Å². The summed E-state index contributed by atoms with van der Waals surface area (Å²) in [7, 11) is 0. The molecule has 1 aliphatic carbocycles. The van der Waals surface area contributed by atoms with Gasteiger partial charge >= 0.3 is 5.97 Å². The summed E-state index contributed by atoms with van der Waals surface area (Å²) in [6.07, 6.45) is 7.93. The second-order valence-electron chi connectivity index (χ2n) is 5.66. The van der Waals surface area contributed by atoms with Gasteiger partial charge in [0.05, 0.1) is 5.69 Å². The average Bonchev–Trinajstić information content (AvgIpc) is 2.95. The van der Waals surface area contributed by atoms with Crippen molar-refractivity contribution in [3.8, 4) is 0 Å². The maximum absolute atomic E-state index is 11.3. The van der Waals surface area contributed by atoms with E-state index in [2.05, 4.69) is 16.5 Å². The van der Waals surface area contributed by atoms with Crippen molar-refractivity contribution >= 4 is 5.97 Å². The highest BCUT2D eigenvalue weighted by atomic mass is 16.4. The topological polar surface area (TPSA) is 55.1 Å². The number of fused-ring (bicyclic) bond motifs is 1. The van der Waals surface area contributed by atoms with E-state index >= 15 is 0 Å². The Kier molecular flexibility index (Phi) is 2.88. The molecule has 1 fully saturated rings. The first kappa shape index (κ1) is 11.8. The first-order valence-corrected chi connectivity index (χ1v) is 7.02. The SMILES string of the molecule is CC1CCCc2c(C(=O)O)nc(C3CCCC3)n21. The van der Waals surface area contributed by atoms with E-state index < -0.39 is 5.97 Å². The van der Waals surface area contributed by atoms with Gasteiger partial charge in [0, 0.05) is 12.0 Å². The van der Waals surface area contributed by atoms with Crippen molar-refractivity contribution in [1.29, 1.82) is 0 Å². The van der Waals surface area contributed by atoms with E-state index in [9.17, 15) is 9.90 Å². The third kappa shape index (κ3) is 1.74. The van der Waals surface area contributed by atoms with Gasteiger partial charge in [-0.1, -0.05) is 12.8 Å². The zero-order valence-corrected chi connectivity index (χ0v) is 10.9. The smallest absolute Gasteiger partial charge is 0.356 e. The molecular formula is C14H20N2O2. The standard InChI is InChI=1S/C14H20N2O2/c1-9-5-4-8-11-12(14(17)18)15-13(16(9)11)10-6-2-3-7-10/h9-10H,2-8H2,1H3,(H,17,18). The fraction of sp³-hybridized carbons (Fsp3) is 0.714. The van der Waals surface area contributed by atoms with Crippen LogP contribution in [-0.4, -0.2) is 20.6 Å². The fourth-order valence-corrected chi connectivity index (χ4v) is 3.55. The molecule has 4 nitrogen and oxygen atoms in total. The number of carboxylic acids is 1. The van der Waals surface area contributed by atoms with Crippen molar-refractivity contribution in [2.24, 2.45) is 0 Å². The van der Waals surface area contributed by atoms with E-state index in [0.717, 1.165) is 30.8 Å². The van der Waals surface area contributed by atoms with Gasteiger partial charge in [0.2, 0.25) is 0 Å². The molecule has 1 aromatic rings. The Morgan fingerprint density at radius 2 is 2.00 bits per heavy atom. The summed E-state index contributed by atoms with van der Waals surface area (Å²) in [6.45, 7) is 2.19. The first-order valence-electron chi connectivity index (χ1n) is 7.02. The molecule has 0 amide bonds. The largest absolute Gasteiger partial charge is 0.476 e. The molecule has 2 heterocycles. The molecule has 0 bridgehead atoms. The number of carboxylic acid groups (broad SMARTS) is 1. The lowest BCUT2D eigenvalue weighted by atomic mass is 10.0. The van der Waals surface area contributed by atoms with E-state index in [-0.39, 0.29) is 0 Å². The second-order valence-corrected chi connectivity index (χ2v) is 5.66. The van der Waals surface area contributed by atoms with Gasteiger partial charge in [-0.25, -0.2) is 9.78 Å². The van der Waals surface area contributed by atoms with Gasteiger partial charge in [0.25, 0.3) is 0 Å². The monoisotopic (exact) mass is 248 g/mol. The van der Waals surface area contributed by atoms with Crippen LogP contribution >= 0.6 is 0 Å². The quantitative estimate of drug-likeness (QED) is 0.874. The zero-order valence-electron chi connectivity index (χ0n) is 10.9. The maximum atomic E-state index is 11.3. The molecule has 1 atom stereocenters. The number of aromatic carboxylic acids is 1. The molecule has 1 aliphatic heterocycles. The van der Waals surface area contributed by atoms with Crippen molar-refractivity contribution in [2.75, 3.05) is 0 Å². The lowest BCUT2D eigenvalue weighted by Crippen LogP contribution is -2.19. The predicted octanol–water partition coefficient (Wildman–Crippen LogP) is 3.14. The predicted molar refractivity (Wildman–Crippen MR) is 68.0 cm³/mol. The molecule has 18 heavy (non-hydrogen) atoms. The van der Waals surface area contributed by atoms with E-state index in [1.165, 1.54) is 25.7 Å². The van der Waals surface area contributed by atoms with E-state index in [1.54, 1.807) is 0 Å². The molecule has 2 aliphatic rings. The van der Waals surface area contributed by atoms with Crippen LogP contribution in [0.15, 0.2) is 0 Å². The molecule has 0 radical (unpaired) electrons. The summed E-state index contributed by atoms with van der Waals surface area (Å²) >= 11 is 0. The van der Waals surface area contributed by atoms with Gasteiger partial charge in [-0.2, -0.15) is 0 Å². The van der Waals surface area contributed by atoms with Gasteiger partial charge in [-0.05, 0) is 39.0 Å². The van der Waals surface area contributed by atoms with Crippen LogP contribution in [0.4, 0.5) is 0 Å². The minimum Gasteiger partial charge on any atom is -0.476 e. The molecule has 1 saturated carbocycles. The van der Waals surface area contributed by atoms with E-state index in [0.29, 0.717) is 17.7 Å². The number of hydrogen-bond acceptors (Lipinski definition) is 2.